The van der Waals surface area contributed by atoms with Crippen LogP contribution >= 0.6 is 0 Å². The van der Waals surface area contributed by atoms with Gasteiger partial charge in [-0.1, -0.05) is 0 Å². The Morgan fingerprint density at radius 3 is 2.55 bits per heavy atom. The molecule has 33 heavy (non-hydrogen) atoms. The second kappa shape index (κ2) is 8.10. The van der Waals surface area contributed by atoms with Crippen LogP contribution in [0.2, 0.25) is 0 Å². The highest BCUT2D eigenvalue weighted by atomic mass is 15.2. The second-order valence-electron chi connectivity index (χ2n) is 8.40. The Bertz CT molecular complexity index is 1390. The van der Waals surface area contributed by atoms with Crippen molar-refractivity contribution in [2.45, 2.75) is 0 Å². The maximum atomic E-state index is 4.76. The quantitative estimate of drug-likeness (QED) is 0.327. The SMILES string of the molecule is CN1CCN(c2ccc(Nc3nc(Nc4ccc5cn[nH]c5c4)c4cc[nH]c4n3)cc2)CC1. The van der Waals surface area contributed by atoms with E-state index in [9.17, 15) is 0 Å². The van der Waals surface area contributed by atoms with E-state index in [-0.39, 0.29) is 0 Å². The largest absolute Gasteiger partial charge is 0.369 e. The third-order valence-corrected chi connectivity index (χ3v) is 6.11. The Balaban J connectivity index is 1.24. The summed E-state index contributed by atoms with van der Waals surface area (Å²) in [6.45, 7) is 4.28. The van der Waals surface area contributed by atoms with E-state index in [1.165, 1.54) is 5.69 Å². The molecule has 0 saturated carbocycles. The molecule has 9 heteroatoms. The Morgan fingerprint density at radius 1 is 0.879 bits per heavy atom. The van der Waals surface area contributed by atoms with Gasteiger partial charge < -0.3 is 25.4 Å². The van der Waals surface area contributed by atoms with Gasteiger partial charge in [0.1, 0.15) is 11.5 Å². The van der Waals surface area contributed by atoms with Crippen LogP contribution in [0, 0.1) is 0 Å². The van der Waals surface area contributed by atoms with Crippen LogP contribution in [0.4, 0.5) is 28.8 Å². The van der Waals surface area contributed by atoms with Gasteiger partial charge in [-0.2, -0.15) is 15.1 Å². The number of hydrogen-bond donors (Lipinski definition) is 4. The Labute approximate surface area is 190 Å². The third-order valence-electron chi connectivity index (χ3n) is 6.11. The number of likely N-dealkylation sites (N-methyl/N-ethyl adjacent to an activating group) is 1. The fraction of sp³-hybridized carbons (Fsp3) is 0.208. The molecule has 0 aliphatic carbocycles. The van der Waals surface area contributed by atoms with Gasteiger partial charge in [0.15, 0.2) is 0 Å². The molecule has 0 bridgehead atoms. The minimum atomic E-state index is 0.530. The molecule has 1 aliphatic rings. The average Bonchev–Trinajstić information content (AvgIpc) is 3.49. The van der Waals surface area contributed by atoms with Crippen LogP contribution in [0.15, 0.2) is 60.9 Å². The summed E-state index contributed by atoms with van der Waals surface area (Å²) in [7, 11) is 2.17. The van der Waals surface area contributed by atoms with Crippen molar-refractivity contribution < 1.29 is 0 Å². The smallest absolute Gasteiger partial charge is 0.231 e. The molecule has 4 heterocycles. The molecule has 5 aromatic rings. The van der Waals surface area contributed by atoms with Crippen LogP contribution in [-0.4, -0.2) is 63.3 Å². The Morgan fingerprint density at radius 2 is 1.70 bits per heavy atom. The highest BCUT2D eigenvalue weighted by Gasteiger charge is 2.14. The van der Waals surface area contributed by atoms with E-state index in [4.69, 9.17) is 4.98 Å². The van der Waals surface area contributed by atoms with Gasteiger partial charge in [0, 0.05) is 54.8 Å². The summed E-state index contributed by atoms with van der Waals surface area (Å²) < 4.78 is 0. The van der Waals surface area contributed by atoms with Crippen molar-refractivity contribution in [3.8, 4) is 0 Å². The molecule has 2 aromatic carbocycles. The first kappa shape index (κ1) is 19.6. The predicted molar refractivity (Wildman–Crippen MR) is 133 cm³/mol. The molecule has 3 aromatic heterocycles. The number of aromatic nitrogens is 5. The fourth-order valence-corrected chi connectivity index (χ4v) is 4.19. The number of aromatic amines is 2. The van der Waals surface area contributed by atoms with Crippen LogP contribution in [0.25, 0.3) is 21.9 Å². The summed E-state index contributed by atoms with van der Waals surface area (Å²) in [6.07, 6.45) is 3.68. The van der Waals surface area contributed by atoms with Gasteiger partial charge in [-0.15, -0.1) is 0 Å². The van der Waals surface area contributed by atoms with E-state index in [2.05, 4.69) is 71.9 Å². The monoisotopic (exact) mass is 439 g/mol. The number of nitrogens with zero attached hydrogens (tertiary/aromatic N) is 5. The summed E-state index contributed by atoms with van der Waals surface area (Å²) in [6, 6.07) is 16.5. The zero-order valence-corrected chi connectivity index (χ0v) is 18.3. The first-order valence-electron chi connectivity index (χ1n) is 11.1. The van der Waals surface area contributed by atoms with Gasteiger partial charge in [0.25, 0.3) is 0 Å². The van der Waals surface area contributed by atoms with Gasteiger partial charge in [-0.25, -0.2) is 0 Å². The topological polar surface area (TPSA) is 101 Å². The molecule has 0 spiro atoms. The van der Waals surface area contributed by atoms with Crippen LogP contribution < -0.4 is 15.5 Å². The first-order chi connectivity index (χ1) is 16.2. The number of hydrogen-bond acceptors (Lipinski definition) is 7. The average molecular weight is 440 g/mol. The lowest BCUT2D eigenvalue weighted by molar-refractivity contribution is 0.313. The highest BCUT2D eigenvalue weighted by Crippen LogP contribution is 2.28. The van der Waals surface area contributed by atoms with E-state index >= 15 is 0 Å². The molecule has 6 rings (SSSR count). The van der Waals surface area contributed by atoms with E-state index in [1.807, 2.05) is 36.7 Å². The number of piperazine rings is 1. The molecule has 9 nitrogen and oxygen atoms in total. The van der Waals surface area contributed by atoms with Gasteiger partial charge in [-0.3, -0.25) is 5.10 Å². The molecule has 1 saturated heterocycles. The normalized spacial score (nSPS) is 14.8. The van der Waals surface area contributed by atoms with Gasteiger partial charge in [0.05, 0.1) is 17.1 Å². The second-order valence-corrected chi connectivity index (χ2v) is 8.40. The van der Waals surface area contributed by atoms with Gasteiger partial charge in [0.2, 0.25) is 5.95 Å². The van der Waals surface area contributed by atoms with Gasteiger partial charge in [-0.05, 0) is 55.6 Å². The van der Waals surface area contributed by atoms with Crippen LogP contribution in [0.1, 0.15) is 0 Å². The zero-order valence-electron chi connectivity index (χ0n) is 18.3. The standard InChI is InChI=1S/C24H25N9/c1-32-10-12-33(13-11-32)19-6-4-17(5-7-19)28-24-29-22-20(8-9-25-22)23(30-24)27-18-3-2-16-15-26-31-21(16)14-18/h2-9,14-15H,10-13H2,1H3,(H,26,31)(H3,25,27,28,29,30). The predicted octanol–water partition coefficient (Wildman–Crippen LogP) is 4.07. The van der Waals surface area contributed by atoms with Crippen molar-refractivity contribution in [3.05, 3.63) is 60.9 Å². The summed E-state index contributed by atoms with van der Waals surface area (Å²) >= 11 is 0. The van der Waals surface area contributed by atoms with E-state index < -0.39 is 0 Å². The Hall–Kier alpha value is -4.11. The number of anilines is 5. The molecular formula is C24H25N9. The van der Waals surface area contributed by atoms with E-state index in [1.54, 1.807) is 0 Å². The van der Waals surface area contributed by atoms with Crippen molar-refractivity contribution >= 4 is 50.8 Å². The molecule has 0 unspecified atom stereocenters. The molecule has 4 N–H and O–H groups in total. The summed E-state index contributed by atoms with van der Waals surface area (Å²) in [5.74, 6) is 1.26. The van der Waals surface area contributed by atoms with Crippen LogP contribution in [-0.2, 0) is 0 Å². The maximum Gasteiger partial charge on any atom is 0.231 e. The number of H-pyrrole nitrogens is 2. The number of fused-ring (bicyclic) bond motifs is 2. The third kappa shape index (κ3) is 3.94. The van der Waals surface area contributed by atoms with Crippen molar-refractivity contribution in [3.63, 3.8) is 0 Å². The molecule has 0 amide bonds. The summed E-state index contributed by atoms with van der Waals surface area (Å²) in [5, 5.41) is 15.9. The van der Waals surface area contributed by atoms with Gasteiger partial charge >= 0.3 is 0 Å². The van der Waals surface area contributed by atoms with Crippen molar-refractivity contribution in [2.75, 3.05) is 48.8 Å². The molecular weight excluding hydrogens is 414 g/mol. The molecule has 1 fully saturated rings. The first-order valence-corrected chi connectivity index (χ1v) is 11.1. The van der Waals surface area contributed by atoms with Crippen molar-refractivity contribution in [1.82, 2.24) is 30.0 Å². The number of benzene rings is 2. The minimum Gasteiger partial charge on any atom is -0.369 e. The molecule has 0 radical (unpaired) electrons. The lowest BCUT2D eigenvalue weighted by Gasteiger charge is -2.34. The van der Waals surface area contributed by atoms with E-state index in [0.717, 1.165) is 65.3 Å². The highest BCUT2D eigenvalue weighted by molar-refractivity contribution is 5.91. The molecule has 0 atom stereocenters. The summed E-state index contributed by atoms with van der Waals surface area (Å²) in [4.78, 5) is 17.4. The van der Waals surface area contributed by atoms with Crippen molar-refractivity contribution in [1.29, 1.82) is 0 Å². The zero-order chi connectivity index (χ0) is 22.2. The fourth-order valence-electron chi connectivity index (χ4n) is 4.19. The van der Waals surface area contributed by atoms with Crippen LogP contribution in [0.5, 0.6) is 0 Å². The minimum absolute atomic E-state index is 0.530. The molecule has 166 valence electrons. The number of nitrogens with one attached hydrogen (secondary N) is 4. The van der Waals surface area contributed by atoms with Crippen LogP contribution in [0.3, 0.4) is 0 Å². The number of rotatable bonds is 5. The summed E-state index contributed by atoms with van der Waals surface area (Å²) in [5.41, 5.74) is 4.86. The van der Waals surface area contributed by atoms with E-state index in [0.29, 0.717) is 5.95 Å². The van der Waals surface area contributed by atoms with Crippen molar-refractivity contribution in [2.24, 2.45) is 0 Å². The molecule has 1 aliphatic heterocycles. The lowest BCUT2D eigenvalue weighted by Crippen LogP contribution is -2.44. The maximum absolute atomic E-state index is 4.76. The lowest BCUT2D eigenvalue weighted by atomic mass is 10.2. The Kier molecular flexibility index (Phi) is 4.80.